The Kier molecular flexibility index (Phi) is 3.94. The Morgan fingerprint density at radius 3 is 3.00 bits per heavy atom. The van der Waals surface area contributed by atoms with E-state index in [9.17, 15) is 0 Å². The van der Waals surface area contributed by atoms with Crippen LogP contribution in [0, 0.1) is 6.92 Å². The van der Waals surface area contributed by atoms with Crippen LogP contribution in [0.4, 0.5) is 5.82 Å². The van der Waals surface area contributed by atoms with E-state index in [2.05, 4.69) is 46.5 Å². The Morgan fingerprint density at radius 1 is 1.35 bits per heavy atom. The summed E-state index contributed by atoms with van der Waals surface area (Å²) in [6, 6.07) is 8.47. The summed E-state index contributed by atoms with van der Waals surface area (Å²) in [4.78, 5) is 7.91. The lowest BCUT2D eigenvalue weighted by molar-refractivity contribution is 0.997. The molecular formula is C13H14ClN3. The number of benzene rings is 1. The van der Waals surface area contributed by atoms with Gasteiger partial charge < -0.3 is 5.32 Å². The second-order valence-corrected chi connectivity index (χ2v) is 4.29. The molecule has 2 rings (SSSR count). The Hall–Kier alpha value is -1.61. The molecule has 2 aromatic rings. The van der Waals surface area contributed by atoms with Crippen LogP contribution in [-0.4, -0.2) is 16.5 Å². The van der Waals surface area contributed by atoms with Crippen LogP contribution >= 0.6 is 11.6 Å². The minimum absolute atomic E-state index is 0.553. The third-order valence-electron chi connectivity index (χ3n) is 2.46. The van der Waals surface area contributed by atoms with Crippen molar-refractivity contribution in [3.8, 4) is 0 Å². The highest BCUT2D eigenvalue weighted by Crippen LogP contribution is 2.15. The standard InChI is InChI=1S/C13H14ClN3/c1-10-3-2-4-11(7-10)5-6-16-13-12(14)8-15-9-17-13/h2-4,7-9H,5-6H2,1H3,(H,15,16,17). The average molecular weight is 248 g/mol. The minimum Gasteiger partial charge on any atom is -0.368 e. The van der Waals surface area contributed by atoms with Gasteiger partial charge in [-0.3, -0.25) is 0 Å². The van der Waals surface area contributed by atoms with E-state index >= 15 is 0 Å². The van der Waals surface area contributed by atoms with Crippen LogP contribution in [0.15, 0.2) is 36.8 Å². The number of rotatable bonds is 4. The zero-order valence-electron chi connectivity index (χ0n) is 9.65. The van der Waals surface area contributed by atoms with Crippen LogP contribution in [0.3, 0.4) is 0 Å². The molecule has 3 nitrogen and oxygen atoms in total. The maximum atomic E-state index is 5.94. The first-order valence-electron chi connectivity index (χ1n) is 5.50. The fourth-order valence-corrected chi connectivity index (χ4v) is 1.81. The zero-order valence-corrected chi connectivity index (χ0v) is 10.4. The number of halogens is 1. The molecule has 4 heteroatoms. The van der Waals surface area contributed by atoms with E-state index in [-0.39, 0.29) is 0 Å². The number of nitrogens with zero attached hydrogens (tertiary/aromatic N) is 2. The third-order valence-corrected chi connectivity index (χ3v) is 2.73. The van der Waals surface area contributed by atoms with E-state index in [4.69, 9.17) is 11.6 Å². The number of aryl methyl sites for hydroxylation is 1. The molecular weight excluding hydrogens is 234 g/mol. The van der Waals surface area contributed by atoms with Gasteiger partial charge in [-0.15, -0.1) is 0 Å². The Balaban J connectivity index is 1.90. The summed E-state index contributed by atoms with van der Waals surface area (Å²) < 4.78 is 0. The van der Waals surface area contributed by atoms with Gasteiger partial charge in [0.2, 0.25) is 0 Å². The van der Waals surface area contributed by atoms with E-state index in [1.807, 2.05) is 0 Å². The molecule has 0 aliphatic heterocycles. The Bertz CT molecular complexity index is 500. The van der Waals surface area contributed by atoms with Gasteiger partial charge in [0.1, 0.15) is 17.2 Å². The zero-order chi connectivity index (χ0) is 12.1. The van der Waals surface area contributed by atoms with Gasteiger partial charge in [0.15, 0.2) is 0 Å². The summed E-state index contributed by atoms with van der Waals surface area (Å²) in [6.07, 6.45) is 4.02. The number of anilines is 1. The van der Waals surface area contributed by atoms with E-state index in [1.165, 1.54) is 17.5 Å². The predicted octanol–water partition coefficient (Wildman–Crippen LogP) is 3.09. The molecule has 0 saturated carbocycles. The molecule has 0 spiro atoms. The van der Waals surface area contributed by atoms with Gasteiger partial charge in [0.05, 0.1) is 6.20 Å². The van der Waals surface area contributed by atoms with Crippen molar-refractivity contribution in [3.05, 3.63) is 52.9 Å². The molecule has 1 heterocycles. The first-order valence-corrected chi connectivity index (χ1v) is 5.88. The molecule has 0 atom stereocenters. The van der Waals surface area contributed by atoms with Gasteiger partial charge >= 0.3 is 0 Å². The molecule has 0 saturated heterocycles. The topological polar surface area (TPSA) is 37.8 Å². The maximum absolute atomic E-state index is 5.94. The van der Waals surface area contributed by atoms with Gasteiger partial charge in [0.25, 0.3) is 0 Å². The normalized spacial score (nSPS) is 10.2. The highest BCUT2D eigenvalue weighted by Gasteiger charge is 2.00. The molecule has 0 amide bonds. The summed E-state index contributed by atoms with van der Waals surface area (Å²) >= 11 is 5.94. The molecule has 0 bridgehead atoms. The third kappa shape index (κ3) is 3.43. The van der Waals surface area contributed by atoms with Gasteiger partial charge in [-0.05, 0) is 18.9 Å². The highest BCUT2D eigenvalue weighted by atomic mass is 35.5. The van der Waals surface area contributed by atoms with E-state index in [0.717, 1.165) is 13.0 Å². The minimum atomic E-state index is 0.553. The molecule has 88 valence electrons. The van der Waals surface area contributed by atoms with Crippen molar-refractivity contribution in [2.45, 2.75) is 13.3 Å². The van der Waals surface area contributed by atoms with E-state index in [0.29, 0.717) is 10.8 Å². The SMILES string of the molecule is Cc1cccc(CCNc2ncncc2Cl)c1. The molecule has 0 aliphatic carbocycles. The van der Waals surface area contributed by atoms with Gasteiger partial charge in [-0.25, -0.2) is 9.97 Å². The van der Waals surface area contributed by atoms with Crippen molar-refractivity contribution in [2.75, 3.05) is 11.9 Å². The summed E-state index contributed by atoms with van der Waals surface area (Å²) in [5, 5.41) is 3.75. The highest BCUT2D eigenvalue weighted by molar-refractivity contribution is 6.32. The fraction of sp³-hybridized carbons (Fsp3) is 0.231. The van der Waals surface area contributed by atoms with E-state index < -0.39 is 0 Å². The van der Waals surface area contributed by atoms with Gasteiger partial charge in [-0.1, -0.05) is 41.4 Å². The molecule has 1 N–H and O–H groups in total. The van der Waals surface area contributed by atoms with Gasteiger partial charge in [0, 0.05) is 6.54 Å². The molecule has 0 aliphatic rings. The lowest BCUT2D eigenvalue weighted by atomic mass is 10.1. The lowest BCUT2D eigenvalue weighted by Gasteiger charge is -2.07. The summed E-state index contributed by atoms with van der Waals surface area (Å²) in [7, 11) is 0. The number of nitrogens with one attached hydrogen (secondary N) is 1. The van der Waals surface area contributed by atoms with Crippen molar-refractivity contribution < 1.29 is 0 Å². The first-order chi connectivity index (χ1) is 8.25. The van der Waals surface area contributed by atoms with Crippen LogP contribution in [0.2, 0.25) is 5.02 Å². The Morgan fingerprint density at radius 2 is 2.24 bits per heavy atom. The quantitative estimate of drug-likeness (QED) is 0.902. The van der Waals surface area contributed by atoms with Crippen LogP contribution in [0.1, 0.15) is 11.1 Å². The largest absolute Gasteiger partial charge is 0.368 e. The second-order valence-electron chi connectivity index (χ2n) is 3.89. The number of aromatic nitrogens is 2. The van der Waals surface area contributed by atoms with Crippen molar-refractivity contribution in [1.29, 1.82) is 0 Å². The molecule has 0 unspecified atom stereocenters. The second kappa shape index (κ2) is 5.64. The summed E-state index contributed by atoms with van der Waals surface area (Å²) in [5.74, 6) is 0.689. The van der Waals surface area contributed by atoms with Crippen LogP contribution in [0.5, 0.6) is 0 Å². The van der Waals surface area contributed by atoms with E-state index in [1.54, 1.807) is 6.20 Å². The molecule has 1 aromatic carbocycles. The summed E-state index contributed by atoms with van der Waals surface area (Å²) in [6.45, 7) is 2.90. The Labute approximate surface area is 106 Å². The van der Waals surface area contributed by atoms with Crippen molar-refractivity contribution >= 4 is 17.4 Å². The first kappa shape index (κ1) is 11.9. The molecule has 0 fully saturated rings. The summed E-state index contributed by atoms with van der Waals surface area (Å²) in [5.41, 5.74) is 2.59. The van der Waals surface area contributed by atoms with Crippen LogP contribution < -0.4 is 5.32 Å². The van der Waals surface area contributed by atoms with Crippen LogP contribution in [-0.2, 0) is 6.42 Å². The number of hydrogen-bond donors (Lipinski definition) is 1. The van der Waals surface area contributed by atoms with Crippen molar-refractivity contribution in [2.24, 2.45) is 0 Å². The van der Waals surface area contributed by atoms with Crippen molar-refractivity contribution in [3.63, 3.8) is 0 Å². The van der Waals surface area contributed by atoms with Gasteiger partial charge in [-0.2, -0.15) is 0 Å². The monoisotopic (exact) mass is 247 g/mol. The molecule has 17 heavy (non-hydrogen) atoms. The number of hydrogen-bond acceptors (Lipinski definition) is 3. The predicted molar refractivity (Wildman–Crippen MR) is 70.4 cm³/mol. The molecule has 0 radical (unpaired) electrons. The smallest absolute Gasteiger partial charge is 0.148 e. The maximum Gasteiger partial charge on any atom is 0.148 e. The fourth-order valence-electron chi connectivity index (χ4n) is 1.64. The van der Waals surface area contributed by atoms with Crippen LogP contribution in [0.25, 0.3) is 0 Å². The average Bonchev–Trinajstić information content (AvgIpc) is 2.32. The van der Waals surface area contributed by atoms with Crippen molar-refractivity contribution in [1.82, 2.24) is 9.97 Å². The molecule has 1 aromatic heterocycles. The lowest BCUT2D eigenvalue weighted by Crippen LogP contribution is -2.06.